The smallest absolute Gasteiger partial charge is 0.244 e. The van der Waals surface area contributed by atoms with Crippen LogP contribution in [0.5, 0.6) is 0 Å². The number of hydrogen-bond acceptors (Lipinski definition) is 4. The van der Waals surface area contributed by atoms with Crippen LogP contribution < -0.4 is 9.62 Å². The lowest BCUT2D eigenvalue weighted by molar-refractivity contribution is -0.139. The van der Waals surface area contributed by atoms with Gasteiger partial charge in [-0.25, -0.2) is 12.8 Å². The number of carbonyl (C=O) groups excluding carboxylic acids is 2. The molecule has 0 aliphatic carbocycles. The Bertz CT molecular complexity index is 1080. The van der Waals surface area contributed by atoms with Gasteiger partial charge in [0.1, 0.15) is 18.4 Å². The van der Waals surface area contributed by atoms with Crippen LogP contribution in [-0.4, -0.2) is 50.0 Å². The van der Waals surface area contributed by atoms with E-state index in [-0.39, 0.29) is 18.2 Å². The first-order valence-corrected chi connectivity index (χ1v) is 12.6. The number of carbonyl (C=O) groups is 2. The SMILES string of the molecule is CC(C)NC(=O)C(C)N(Cc1ccccc1F)C(=O)CN(c1cccc(Br)c1)S(C)(=O)=O. The standard InChI is InChI=1S/C22H27BrFN3O4S/c1-15(2)25-22(29)16(3)26(13-17-8-5-6-11-20(17)24)21(28)14-27(32(4,30)31)19-10-7-9-18(23)12-19/h5-12,15-16H,13-14H2,1-4H3,(H,25,29). The van der Waals surface area contributed by atoms with E-state index in [1.165, 1.54) is 30.0 Å². The van der Waals surface area contributed by atoms with Gasteiger partial charge in [0, 0.05) is 22.6 Å². The Hall–Kier alpha value is -2.46. The van der Waals surface area contributed by atoms with Crippen molar-refractivity contribution in [2.75, 3.05) is 17.1 Å². The van der Waals surface area contributed by atoms with Gasteiger partial charge in [-0.15, -0.1) is 0 Å². The van der Waals surface area contributed by atoms with Crippen LogP contribution in [0.4, 0.5) is 10.1 Å². The normalized spacial score (nSPS) is 12.3. The van der Waals surface area contributed by atoms with Gasteiger partial charge in [-0.1, -0.05) is 40.2 Å². The van der Waals surface area contributed by atoms with Crippen LogP contribution >= 0.6 is 15.9 Å². The first kappa shape index (κ1) is 25.8. The molecule has 0 radical (unpaired) electrons. The van der Waals surface area contributed by atoms with Gasteiger partial charge in [-0.2, -0.15) is 0 Å². The molecule has 1 atom stereocenters. The molecule has 2 aromatic carbocycles. The third-order valence-corrected chi connectivity index (χ3v) is 6.31. The summed E-state index contributed by atoms with van der Waals surface area (Å²) in [6, 6.07) is 11.3. The van der Waals surface area contributed by atoms with Crippen LogP contribution in [0.2, 0.25) is 0 Å². The highest BCUT2D eigenvalue weighted by molar-refractivity contribution is 9.10. The summed E-state index contributed by atoms with van der Waals surface area (Å²) in [7, 11) is -3.82. The number of nitrogens with one attached hydrogen (secondary N) is 1. The number of hydrogen-bond donors (Lipinski definition) is 1. The molecule has 10 heteroatoms. The Kier molecular flexibility index (Phi) is 8.80. The van der Waals surface area contributed by atoms with Crippen molar-refractivity contribution in [2.45, 2.75) is 39.4 Å². The van der Waals surface area contributed by atoms with Crippen LogP contribution in [0.25, 0.3) is 0 Å². The molecule has 1 N–H and O–H groups in total. The van der Waals surface area contributed by atoms with Crippen LogP contribution in [0.3, 0.4) is 0 Å². The fraction of sp³-hybridized carbons (Fsp3) is 0.364. The largest absolute Gasteiger partial charge is 0.352 e. The van der Waals surface area contributed by atoms with E-state index < -0.39 is 40.2 Å². The van der Waals surface area contributed by atoms with E-state index in [1.54, 1.807) is 44.2 Å². The molecule has 174 valence electrons. The van der Waals surface area contributed by atoms with Crippen molar-refractivity contribution < 1.29 is 22.4 Å². The minimum atomic E-state index is -3.82. The first-order chi connectivity index (χ1) is 14.9. The van der Waals surface area contributed by atoms with Crippen LogP contribution in [-0.2, 0) is 26.2 Å². The molecule has 0 aliphatic heterocycles. The molecule has 0 saturated carbocycles. The summed E-state index contributed by atoms with van der Waals surface area (Å²) < 4.78 is 40.8. The summed E-state index contributed by atoms with van der Waals surface area (Å²) >= 11 is 3.30. The number of benzene rings is 2. The second-order valence-electron chi connectivity index (χ2n) is 7.70. The Morgan fingerprint density at radius 2 is 1.75 bits per heavy atom. The molecule has 2 rings (SSSR count). The lowest BCUT2D eigenvalue weighted by atomic mass is 10.1. The molecular weight excluding hydrogens is 501 g/mol. The second kappa shape index (κ2) is 10.9. The first-order valence-electron chi connectivity index (χ1n) is 9.96. The van der Waals surface area contributed by atoms with E-state index in [0.717, 1.165) is 10.6 Å². The maximum Gasteiger partial charge on any atom is 0.244 e. The Morgan fingerprint density at radius 1 is 1.09 bits per heavy atom. The highest BCUT2D eigenvalue weighted by Crippen LogP contribution is 2.23. The highest BCUT2D eigenvalue weighted by Gasteiger charge is 2.30. The number of anilines is 1. The Balaban J connectivity index is 2.40. The Morgan fingerprint density at radius 3 is 2.31 bits per heavy atom. The van der Waals surface area contributed by atoms with Crippen molar-refractivity contribution in [2.24, 2.45) is 0 Å². The molecular formula is C22H27BrFN3O4S. The third-order valence-electron chi connectivity index (χ3n) is 4.67. The second-order valence-corrected chi connectivity index (χ2v) is 10.5. The quantitative estimate of drug-likeness (QED) is 0.542. The zero-order valence-electron chi connectivity index (χ0n) is 18.4. The minimum Gasteiger partial charge on any atom is -0.352 e. The van der Waals surface area contributed by atoms with E-state index in [1.807, 2.05) is 0 Å². The predicted molar refractivity (Wildman–Crippen MR) is 126 cm³/mol. The number of amides is 2. The fourth-order valence-corrected chi connectivity index (χ4v) is 4.27. The van der Waals surface area contributed by atoms with Crippen LogP contribution in [0.1, 0.15) is 26.3 Å². The summed E-state index contributed by atoms with van der Waals surface area (Å²) in [5, 5.41) is 2.74. The zero-order chi connectivity index (χ0) is 24.1. The monoisotopic (exact) mass is 527 g/mol. The van der Waals surface area contributed by atoms with Gasteiger partial charge < -0.3 is 10.2 Å². The topological polar surface area (TPSA) is 86.8 Å². The molecule has 0 saturated heterocycles. The summed E-state index contributed by atoms with van der Waals surface area (Å²) in [6.45, 7) is 4.37. The molecule has 0 heterocycles. The average molecular weight is 528 g/mol. The molecule has 2 aromatic rings. The van der Waals surface area contributed by atoms with Gasteiger partial charge in [0.15, 0.2) is 0 Å². The van der Waals surface area contributed by atoms with Crippen molar-refractivity contribution in [3.8, 4) is 0 Å². The van der Waals surface area contributed by atoms with Crippen molar-refractivity contribution in [3.63, 3.8) is 0 Å². The summed E-state index contributed by atoms with van der Waals surface area (Å²) in [5.41, 5.74) is 0.513. The number of nitrogens with zero attached hydrogens (tertiary/aromatic N) is 2. The molecule has 0 aromatic heterocycles. The van der Waals surface area contributed by atoms with Crippen LogP contribution in [0, 0.1) is 5.82 Å². The molecule has 0 bridgehead atoms. The summed E-state index contributed by atoms with van der Waals surface area (Å²) in [5.74, 6) is -1.57. The van der Waals surface area contributed by atoms with Gasteiger partial charge in [0.05, 0.1) is 11.9 Å². The van der Waals surface area contributed by atoms with Gasteiger partial charge in [-0.05, 0) is 45.0 Å². The fourth-order valence-electron chi connectivity index (χ4n) is 3.04. The van der Waals surface area contributed by atoms with Gasteiger partial charge >= 0.3 is 0 Å². The van der Waals surface area contributed by atoms with E-state index in [9.17, 15) is 22.4 Å². The Labute approximate surface area is 196 Å². The lowest BCUT2D eigenvalue weighted by Gasteiger charge is -2.32. The molecule has 0 aliphatic rings. The molecule has 2 amide bonds. The van der Waals surface area contributed by atoms with E-state index >= 15 is 0 Å². The van der Waals surface area contributed by atoms with Crippen molar-refractivity contribution in [1.29, 1.82) is 0 Å². The van der Waals surface area contributed by atoms with Gasteiger partial charge in [-0.3, -0.25) is 13.9 Å². The van der Waals surface area contributed by atoms with Crippen molar-refractivity contribution >= 4 is 43.5 Å². The molecule has 7 nitrogen and oxygen atoms in total. The number of sulfonamides is 1. The molecule has 0 spiro atoms. The molecule has 1 unspecified atom stereocenters. The molecule has 32 heavy (non-hydrogen) atoms. The number of rotatable bonds is 9. The maximum atomic E-state index is 14.3. The molecule has 0 fully saturated rings. The lowest BCUT2D eigenvalue weighted by Crippen LogP contribution is -2.52. The van der Waals surface area contributed by atoms with Gasteiger partial charge in [0.25, 0.3) is 0 Å². The summed E-state index contributed by atoms with van der Waals surface area (Å²) in [6.07, 6.45) is 0.997. The maximum absolute atomic E-state index is 14.3. The average Bonchev–Trinajstić information content (AvgIpc) is 2.69. The van der Waals surface area contributed by atoms with Crippen molar-refractivity contribution in [1.82, 2.24) is 10.2 Å². The minimum absolute atomic E-state index is 0.162. The summed E-state index contributed by atoms with van der Waals surface area (Å²) in [4.78, 5) is 27.1. The van der Waals surface area contributed by atoms with E-state index in [4.69, 9.17) is 0 Å². The van der Waals surface area contributed by atoms with Gasteiger partial charge in [0.2, 0.25) is 21.8 Å². The third kappa shape index (κ3) is 7.03. The van der Waals surface area contributed by atoms with E-state index in [2.05, 4.69) is 21.2 Å². The zero-order valence-corrected chi connectivity index (χ0v) is 20.8. The number of halogens is 2. The van der Waals surface area contributed by atoms with Crippen LogP contribution in [0.15, 0.2) is 53.0 Å². The highest BCUT2D eigenvalue weighted by atomic mass is 79.9. The predicted octanol–water partition coefficient (Wildman–Crippen LogP) is 3.30. The van der Waals surface area contributed by atoms with E-state index in [0.29, 0.717) is 10.2 Å². The van der Waals surface area contributed by atoms with Crippen molar-refractivity contribution in [3.05, 3.63) is 64.4 Å².